The van der Waals surface area contributed by atoms with Crippen molar-refractivity contribution < 1.29 is 19.4 Å². The molecule has 4 heteroatoms. The summed E-state index contributed by atoms with van der Waals surface area (Å²) in [5.41, 5.74) is 0.906. The molecule has 3 aromatic rings. The van der Waals surface area contributed by atoms with Gasteiger partial charge in [0, 0.05) is 11.1 Å². The highest BCUT2D eigenvalue weighted by molar-refractivity contribution is 6.16. The van der Waals surface area contributed by atoms with Gasteiger partial charge in [-0.3, -0.25) is 9.59 Å². The number of rotatable bonds is 5. The lowest BCUT2D eigenvalue weighted by Gasteiger charge is -2.12. The molecule has 1 N–H and O–H groups in total. The third kappa shape index (κ3) is 3.28. The Morgan fingerprint density at radius 3 is 1.52 bits per heavy atom. The molecule has 0 heterocycles. The van der Waals surface area contributed by atoms with E-state index in [-0.39, 0.29) is 28.4 Å². The largest absolute Gasteiger partial charge is 0.506 e. The number of ketones is 2. The summed E-state index contributed by atoms with van der Waals surface area (Å²) >= 11 is 0. The minimum Gasteiger partial charge on any atom is -0.506 e. The minimum absolute atomic E-state index is 0.0323. The first-order valence-electron chi connectivity index (χ1n) is 7.72. The molecule has 124 valence electrons. The first kappa shape index (κ1) is 16.5. The van der Waals surface area contributed by atoms with Crippen LogP contribution in [0.4, 0.5) is 0 Å². The lowest BCUT2D eigenvalue weighted by molar-refractivity contribution is 0.103. The Morgan fingerprint density at radius 2 is 1.16 bits per heavy atom. The summed E-state index contributed by atoms with van der Waals surface area (Å²) in [6, 6.07) is 20.0. The predicted octanol–water partition coefficient (Wildman–Crippen LogP) is 3.86. The molecule has 0 bridgehead atoms. The van der Waals surface area contributed by atoms with E-state index in [1.165, 1.54) is 19.2 Å². The van der Waals surface area contributed by atoms with Crippen LogP contribution in [-0.4, -0.2) is 23.8 Å². The number of benzene rings is 3. The lowest BCUT2D eigenvalue weighted by Crippen LogP contribution is -2.08. The van der Waals surface area contributed by atoms with Crippen LogP contribution < -0.4 is 4.74 Å². The van der Waals surface area contributed by atoms with Crippen molar-refractivity contribution in [3.05, 3.63) is 95.1 Å². The van der Waals surface area contributed by atoms with Gasteiger partial charge in [0.15, 0.2) is 11.6 Å². The van der Waals surface area contributed by atoms with Crippen molar-refractivity contribution in [2.45, 2.75) is 0 Å². The Kier molecular flexibility index (Phi) is 4.61. The summed E-state index contributed by atoms with van der Waals surface area (Å²) in [6.07, 6.45) is 0. The molecule has 25 heavy (non-hydrogen) atoms. The number of methoxy groups -OCH3 is 1. The first-order valence-corrected chi connectivity index (χ1v) is 7.72. The van der Waals surface area contributed by atoms with Gasteiger partial charge in [-0.05, 0) is 12.1 Å². The van der Waals surface area contributed by atoms with E-state index in [1.54, 1.807) is 60.7 Å². The van der Waals surface area contributed by atoms with Gasteiger partial charge in [0.25, 0.3) is 0 Å². The smallest absolute Gasteiger partial charge is 0.196 e. The van der Waals surface area contributed by atoms with Crippen LogP contribution in [0.15, 0.2) is 72.8 Å². The number of phenolic OH excluding ortho intramolecular Hbond substituents is 1. The molecule has 0 aromatic heterocycles. The monoisotopic (exact) mass is 332 g/mol. The van der Waals surface area contributed by atoms with Gasteiger partial charge < -0.3 is 9.84 Å². The van der Waals surface area contributed by atoms with E-state index < -0.39 is 0 Å². The van der Waals surface area contributed by atoms with E-state index in [0.29, 0.717) is 16.9 Å². The number of hydrogen-bond acceptors (Lipinski definition) is 4. The van der Waals surface area contributed by atoms with E-state index in [9.17, 15) is 14.7 Å². The van der Waals surface area contributed by atoms with Gasteiger partial charge in [-0.1, -0.05) is 60.7 Å². The van der Waals surface area contributed by atoms with Crippen molar-refractivity contribution >= 4 is 11.6 Å². The van der Waals surface area contributed by atoms with Gasteiger partial charge in [-0.15, -0.1) is 0 Å². The topological polar surface area (TPSA) is 63.6 Å². The van der Waals surface area contributed by atoms with Crippen molar-refractivity contribution in [1.29, 1.82) is 0 Å². The number of hydrogen-bond donors (Lipinski definition) is 1. The van der Waals surface area contributed by atoms with Crippen molar-refractivity contribution in [3.63, 3.8) is 0 Å². The second-order valence-electron chi connectivity index (χ2n) is 5.46. The van der Waals surface area contributed by atoms with Crippen LogP contribution >= 0.6 is 0 Å². The standard InChI is InChI=1S/C21H16O4/c1-25-16-12-17(19(22)14-8-4-2-5-9-14)21(24)18(13-16)20(23)15-10-6-3-7-11-15/h2-13,24H,1H3. The molecular formula is C21H16O4. The van der Waals surface area contributed by atoms with Crippen LogP contribution in [-0.2, 0) is 0 Å². The Bertz CT molecular complexity index is 843. The van der Waals surface area contributed by atoms with Gasteiger partial charge in [0.2, 0.25) is 0 Å². The fraction of sp³-hybridized carbons (Fsp3) is 0.0476. The van der Waals surface area contributed by atoms with E-state index in [1.807, 2.05) is 0 Å². The average Bonchev–Trinajstić information content (AvgIpc) is 2.68. The maximum Gasteiger partial charge on any atom is 0.196 e. The maximum absolute atomic E-state index is 12.7. The lowest BCUT2D eigenvalue weighted by atomic mass is 9.95. The Morgan fingerprint density at radius 1 is 0.760 bits per heavy atom. The van der Waals surface area contributed by atoms with Crippen LogP contribution in [0, 0.1) is 0 Å². The quantitative estimate of drug-likeness (QED) is 0.721. The molecule has 0 spiro atoms. The van der Waals surface area contributed by atoms with Gasteiger partial charge in [-0.25, -0.2) is 0 Å². The van der Waals surface area contributed by atoms with Gasteiger partial charge in [0.05, 0.1) is 18.2 Å². The van der Waals surface area contributed by atoms with Gasteiger partial charge >= 0.3 is 0 Å². The zero-order valence-corrected chi connectivity index (χ0v) is 13.6. The first-order chi connectivity index (χ1) is 12.1. The molecule has 0 radical (unpaired) electrons. The summed E-state index contributed by atoms with van der Waals surface area (Å²) < 4.78 is 5.21. The van der Waals surface area contributed by atoms with Crippen molar-refractivity contribution in [3.8, 4) is 11.5 Å². The Labute approximate surface area is 145 Å². The number of ether oxygens (including phenoxy) is 1. The second-order valence-corrected chi connectivity index (χ2v) is 5.46. The molecule has 0 aliphatic heterocycles. The van der Waals surface area contributed by atoms with Crippen molar-refractivity contribution in [2.24, 2.45) is 0 Å². The molecule has 0 unspecified atom stereocenters. The van der Waals surface area contributed by atoms with Crippen LogP contribution in [0.5, 0.6) is 11.5 Å². The zero-order chi connectivity index (χ0) is 17.8. The zero-order valence-electron chi connectivity index (χ0n) is 13.6. The van der Waals surface area contributed by atoms with E-state index >= 15 is 0 Å². The maximum atomic E-state index is 12.7. The fourth-order valence-corrected chi connectivity index (χ4v) is 2.56. The Balaban J connectivity index is 2.12. The van der Waals surface area contributed by atoms with E-state index in [4.69, 9.17) is 4.74 Å². The molecule has 0 aliphatic carbocycles. The highest BCUT2D eigenvalue weighted by Crippen LogP contribution is 2.32. The molecule has 0 saturated heterocycles. The summed E-state index contributed by atoms with van der Waals surface area (Å²) in [5.74, 6) is -0.766. The van der Waals surface area contributed by atoms with Crippen molar-refractivity contribution in [1.82, 2.24) is 0 Å². The summed E-state index contributed by atoms with van der Waals surface area (Å²) in [4.78, 5) is 25.4. The number of carbonyl (C=O) groups is 2. The Hall–Kier alpha value is -3.40. The van der Waals surface area contributed by atoms with Crippen molar-refractivity contribution in [2.75, 3.05) is 7.11 Å². The SMILES string of the molecule is COc1cc(C(=O)c2ccccc2)c(O)c(C(=O)c2ccccc2)c1. The predicted molar refractivity (Wildman–Crippen MR) is 94.4 cm³/mol. The van der Waals surface area contributed by atoms with Crippen LogP contribution in [0.25, 0.3) is 0 Å². The van der Waals surface area contributed by atoms with Gasteiger partial charge in [0.1, 0.15) is 11.5 Å². The average molecular weight is 332 g/mol. The van der Waals surface area contributed by atoms with E-state index in [2.05, 4.69) is 0 Å². The van der Waals surface area contributed by atoms with Gasteiger partial charge in [-0.2, -0.15) is 0 Å². The normalized spacial score (nSPS) is 10.3. The molecular weight excluding hydrogens is 316 g/mol. The molecule has 0 amide bonds. The summed E-state index contributed by atoms with van der Waals surface area (Å²) in [7, 11) is 1.44. The third-order valence-corrected chi connectivity index (χ3v) is 3.88. The second kappa shape index (κ2) is 7.01. The molecule has 0 fully saturated rings. The van der Waals surface area contributed by atoms with Crippen LogP contribution in [0.2, 0.25) is 0 Å². The highest BCUT2D eigenvalue weighted by Gasteiger charge is 2.22. The van der Waals surface area contributed by atoms with Crippen LogP contribution in [0.1, 0.15) is 31.8 Å². The molecule has 0 aliphatic rings. The van der Waals surface area contributed by atoms with E-state index in [0.717, 1.165) is 0 Å². The summed E-state index contributed by atoms with van der Waals surface area (Å²) in [6.45, 7) is 0. The van der Waals surface area contributed by atoms with Crippen LogP contribution in [0.3, 0.4) is 0 Å². The number of phenols is 1. The molecule has 3 aromatic carbocycles. The molecule has 0 atom stereocenters. The third-order valence-electron chi connectivity index (χ3n) is 3.88. The highest BCUT2D eigenvalue weighted by atomic mass is 16.5. The number of carbonyl (C=O) groups excluding carboxylic acids is 2. The molecule has 4 nitrogen and oxygen atoms in total. The molecule has 3 rings (SSSR count). The molecule has 0 saturated carbocycles. The number of aromatic hydroxyl groups is 1. The minimum atomic E-state index is -0.376. The summed E-state index contributed by atoms with van der Waals surface area (Å²) in [5, 5.41) is 10.6. The fourth-order valence-electron chi connectivity index (χ4n) is 2.56.